The normalized spacial score (nSPS) is 10.6. The van der Waals surface area contributed by atoms with Gasteiger partial charge in [-0.05, 0) is 44.4 Å². The van der Waals surface area contributed by atoms with E-state index >= 15 is 0 Å². The lowest BCUT2D eigenvalue weighted by molar-refractivity contribution is 0.143. The van der Waals surface area contributed by atoms with Crippen molar-refractivity contribution in [3.63, 3.8) is 0 Å². The summed E-state index contributed by atoms with van der Waals surface area (Å²) in [4.78, 5) is 1.22. The Hall–Kier alpha value is -0.910. The molecular weight excluding hydrogens is 192 g/mol. The molecule has 0 fully saturated rings. The maximum Gasteiger partial charge on any atom is 0.120 e. The predicted octanol–water partition coefficient (Wildman–Crippen LogP) is 2.53. The van der Waals surface area contributed by atoms with Crippen LogP contribution in [0.15, 0.2) is 29.2 Å². The first-order chi connectivity index (χ1) is 6.51. The van der Waals surface area contributed by atoms with Gasteiger partial charge in [-0.3, -0.25) is 0 Å². The highest BCUT2D eigenvalue weighted by atomic mass is 32.2. The molecule has 1 rings (SSSR count). The molecule has 0 saturated carbocycles. The predicted molar refractivity (Wildman–Crippen MR) is 61.4 cm³/mol. The van der Waals surface area contributed by atoms with Gasteiger partial charge in [-0.25, -0.2) is 0 Å². The number of aliphatic hydroxyl groups is 1. The van der Waals surface area contributed by atoms with E-state index in [2.05, 4.69) is 11.8 Å². The average molecular weight is 206 g/mol. The van der Waals surface area contributed by atoms with Crippen LogP contribution in [0, 0.1) is 11.8 Å². The Morgan fingerprint density at radius 1 is 1.21 bits per heavy atom. The van der Waals surface area contributed by atoms with Crippen molar-refractivity contribution in [3.8, 4) is 11.8 Å². The molecule has 0 spiro atoms. The fraction of sp³-hybridized carbons (Fsp3) is 0.333. The Morgan fingerprint density at radius 3 is 2.21 bits per heavy atom. The first kappa shape index (κ1) is 11.2. The van der Waals surface area contributed by atoms with Gasteiger partial charge in [0.25, 0.3) is 0 Å². The van der Waals surface area contributed by atoms with Crippen molar-refractivity contribution in [2.45, 2.75) is 24.3 Å². The van der Waals surface area contributed by atoms with Gasteiger partial charge in [-0.2, -0.15) is 0 Å². The van der Waals surface area contributed by atoms with E-state index in [-0.39, 0.29) is 0 Å². The summed E-state index contributed by atoms with van der Waals surface area (Å²) in [5, 5.41) is 9.40. The summed E-state index contributed by atoms with van der Waals surface area (Å²) < 4.78 is 0. The number of benzene rings is 1. The SMILES string of the molecule is CSc1ccc(C#CC(C)(C)O)cc1. The first-order valence-electron chi connectivity index (χ1n) is 4.41. The highest BCUT2D eigenvalue weighted by Crippen LogP contribution is 2.14. The van der Waals surface area contributed by atoms with Gasteiger partial charge in [0.05, 0.1) is 0 Å². The summed E-state index contributed by atoms with van der Waals surface area (Å²) in [5.74, 6) is 5.70. The number of rotatable bonds is 1. The molecule has 2 heteroatoms. The standard InChI is InChI=1S/C12H14OS/c1-12(2,13)9-8-10-4-6-11(14-3)7-5-10/h4-7,13H,1-3H3. The molecule has 1 N–H and O–H groups in total. The quantitative estimate of drug-likeness (QED) is 0.563. The molecule has 0 aliphatic rings. The van der Waals surface area contributed by atoms with Crippen LogP contribution < -0.4 is 0 Å². The summed E-state index contributed by atoms with van der Waals surface area (Å²) in [6, 6.07) is 7.98. The molecule has 0 aliphatic carbocycles. The maximum atomic E-state index is 9.40. The van der Waals surface area contributed by atoms with Crippen molar-refractivity contribution in [1.82, 2.24) is 0 Å². The molecule has 0 unspecified atom stereocenters. The van der Waals surface area contributed by atoms with E-state index in [4.69, 9.17) is 0 Å². The summed E-state index contributed by atoms with van der Waals surface area (Å²) in [6.07, 6.45) is 2.04. The smallest absolute Gasteiger partial charge is 0.120 e. The zero-order valence-electron chi connectivity index (χ0n) is 8.66. The van der Waals surface area contributed by atoms with Crippen LogP contribution in [-0.2, 0) is 0 Å². The number of hydrogen-bond acceptors (Lipinski definition) is 2. The van der Waals surface area contributed by atoms with Crippen LogP contribution in [0.2, 0.25) is 0 Å². The van der Waals surface area contributed by atoms with Gasteiger partial charge >= 0.3 is 0 Å². The van der Waals surface area contributed by atoms with Gasteiger partial charge in [-0.15, -0.1) is 11.8 Å². The first-order valence-corrected chi connectivity index (χ1v) is 5.63. The molecule has 0 aromatic heterocycles. The Kier molecular flexibility index (Phi) is 3.62. The minimum atomic E-state index is -0.918. The van der Waals surface area contributed by atoms with E-state index in [9.17, 15) is 5.11 Å². The molecule has 0 bridgehead atoms. The lowest BCUT2D eigenvalue weighted by Crippen LogP contribution is -2.14. The van der Waals surface area contributed by atoms with Crippen LogP contribution in [0.4, 0.5) is 0 Å². The van der Waals surface area contributed by atoms with Gasteiger partial charge in [0.1, 0.15) is 5.60 Å². The average Bonchev–Trinajstić information content (AvgIpc) is 2.14. The molecule has 0 saturated heterocycles. The number of thioether (sulfide) groups is 1. The van der Waals surface area contributed by atoms with Crippen molar-refractivity contribution < 1.29 is 5.11 Å². The van der Waals surface area contributed by atoms with E-state index in [1.807, 2.05) is 30.5 Å². The zero-order valence-corrected chi connectivity index (χ0v) is 9.48. The van der Waals surface area contributed by atoms with Gasteiger partial charge < -0.3 is 5.11 Å². The van der Waals surface area contributed by atoms with Gasteiger partial charge in [-0.1, -0.05) is 11.8 Å². The Bertz CT molecular complexity index is 349. The van der Waals surface area contributed by atoms with Crippen LogP contribution in [0.25, 0.3) is 0 Å². The van der Waals surface area contributed by atoms with Crippen molar-refractivity contribution in [2.24, 2.45) is 0 Å². The van der Waals surface area contributed by atoms with Gasteiger partial charge in [0.15, 0.2) is 0 Å². The molecule has 0 amide bonds. The van der Waals surface area contributed by atoms with Crippen molar-refractivity contribution in [3.05, 3.63) is 29.8 Å². The molecule has 0 heterocycles. The molecule has 0 radical (unpaired) electrons. The highest BCUT2D eigenvalue weighted by Gasteiger charge is 2.05. The van der Waals surface area contributed by atoms with E-state index < -0.39 is 5.60 Å². The molecule has 1 aromatic carbocycles. The molecule has 14 heavy (non-hydrogen) atoms. The summed E-state index contributed by atoms with van der Waals surface area (Å²) >= 11 is 1.70. The third-order valence-corrected chi connectivity index (χ3v) is 2.35. The van der Waals surface area contributed by atoms with Crippen LogP contribution in [0.1, 0.15) is 19.4 Å². The zero-order chi connectivity index (χ0) is 10.6. The van der Waals surface area contributed by atoms with Gasteiger partial charge in [0, 0.05) is 10.5 Å². The molecule has 0 atom stereocenters. The molecule has 1 nitrogen and oxygen atoms in total. The molecule has 74 valence electrons. The van der Waals surface area contributed by atoms with Crippen LogP contribution in [-0.4, -0.2) is 17.0 Å². The maximum absolute atomic E-state index is 9.40. The summed E-state index contributed by atoms with van der Waals surface area (Å²) in [6.45, 7) is 3.35. The number of hydrogen-bond donors (Lipinski definition) is 1. The van der Waals surface area contributed by atoms with Crippen LogP contribution >= 0.6 is 11.8 Å². The topological polar surface area (TPSA) is 20.2 Å². The fourth-order valence-corrected chi connectivity index (χ4v) is 1.31. The molecule has 1 aromatic rings. The monoisotopic (exact) mass is 206 g/mol. The second kappa shape index (κ2) is 4.54. The summed E-state index contributed by atoms with van der Waals surface area (Å²) in [7, 11) is 0. The highest BCUT2D eigenvalue weighted by molar-refractivity contribution is 7.98. The lowest BCUT2D eigenvalue weighted by atomic mass is 10.1. The Labute approximate surface area is 89.5 Å². The Morgan fingerprint density at radius 2 is 1.79 bits per heavy atom. The third-order valence-electron chi connectivity index (χ3n) is 1.60. The third kappa shape index (κ3) is 3.87. The van der Waals surface area contributed by atoms with E-state index in [0.717, 1.165) is 5.56 Å². The van der Waals surface area contributed by atoms with E-state index in [1.165, 1.54) is 4.90 Å². The van der Waals surface area contributed by atoms with Gasteiger partial charge in [0.2, 0.25) is 0 Å². The lowest BCUT2D eigenvalue weighted by Gasteiger charge is -2.05. The van der Waals surface area contributed by atoms with Crippen molar-refractivity contribution >= 4 is 11.8 Å². The minimum Gasteiger partial charge on any atom is -0.378 e. The van der Waals surface area contributed by atoms with E-state index in [0.29, 0.717) is 0 Å². The van der Waals surface area contributed by atoms with Crippen LogP contribution in [0.5, 0.6) is 0 Å². The molecular formula is C12H14OS. The second-order valence-electron chi connectivity index (χ2n) is 3.54. The van der Waals surface area contributed by atoms with Crippen molar-refractivity contribution in [2.75, 3.05) is 6.26 Å². The van der Waals surface area contributed by atoms with E-state index in [1.54, 1.807) is 25.6 Å². The second-order valence-corrected chi connectivity index (χ2v) is 4.42. The summed E-state index contributed by atoms with van der Waals surface area (Å²) in [5.41, 5.74) is 0.0166. The fourth-order valence-electron chi connectivity index (χ4n) is 0.899. The van der Waals surface area contributed by atoms with Crippen molar-refractivity contribution in [1.29, 1.82) is 0 Å². The van der Waals surface area contributed by atoms with Crippen LogP contribution in [0.3, 0.4) is 0 Å². The minimum absolute atomic E-state index is 0.918. The largest absolute Gasteiger partial charge is 0.378 e. The molecule has 0 aliphatic heterocycles. The Balaban J connectivity index is 2.82.